The van der Waals surface area contributed by atoms with E-state index in [4.69, 9.17) is 14.6 Å². The number of fused-ring (bicyclic) bond motifs is 8. The van der Waals surface area contributed by atoms with Gasteiger partial charge in [0.1, 0.15) is 0 Å². The number of benzene rings is 1. The number of allylic oxidation sites excluding steroid dienone is 3. The summed E-state index contributed by atoms with van der Waals surface area (Å²) in [5.74, 6) is 2.23. The van der Waals surface area contributed by atoms with E-state index in [9.17, 15) is 4.79 Å². The van der Waals surface area contributed by atoms with Crippen LogP contribution in [0.4, 0.5) is 4.79 Å². The van der Waals surface area contributed by atoms with Crippen molar-refractivity contribution in [3.05, 3.63) is 34.9 Å². The van der Waals surface area contributed by atoms with Crippen LogP contribution < -0.4 is 20.1 Å². The molecule has 4 aliphatic carbocycles. The predicted molar refractivity (Wildman–Crippen MR) is 150 cm³/mol. The Morgan fingerprint density at radius 2 is 1.87 bits per heavy atom. The average Bonchev–Trinajstić information content (AvgIpc) is 3.35. The van der Waals surface area contributed by atoms with Gasteiger partial charge in [0.05, 0.1) is 6.61 Å². The van der Waals surface area contributed by atoms with Gasteiger partial charge in [-0.1, -0.05) is 45.9 Å². The highest BCUT2D eigenvalue weighted by Gasteiger charge is 2.67. The Labute approximate surface area is 227 Å². The van der Waals surface area contributed by atoms with Crippen molar-refractivity contribution in [1.82, 2.24) is 10.6 Å². The van der Waals surface area contributed by atoms with Crippen LogP contribution in [0.1, 0.15) is 89.8 Å². The highest BCUT2D eigenvalue weighted by molar-refractivity contribution is 5.88. The second kappa shape index (κ2) is 8.27. The number of hydrogen-bond donors (Lipinski definition) is 3. The number of hydrogen-bond acceptors (Lipinski definition) is 4. The number of urea groups is 1. The average molecular weight is 521 g/mol. The van der Waals surface area contributed by atoms with Crippen LogP contribution in [-0.4, -0.2) is 36.6 Å². The van der Waals surface area contributed by atoms with Crippen molar-refractivity contribution < 1.29 is 19.4 Å². The lowest BCUT2D eigenvalue weighted by atomic mass is 9.34. The molecule has 2 amide bonds. The lowest BCUT2D eigenvalue weighted by molar-refractivity contribution is -0.171. The predicted octanol–water partition coefficient (Wildman–Crippen LogP) is 6.21. The third kappa shape index (κ3) is 3.31. The van der Waals surface area contributed by atoms with Crippen LogP contribution in [-0.2, 0) is 0 Å². The molecule has 1 heterocycles. The smallest absolute Gasteiger partial charge is 0.315 e. The molecular weight excluding hydrogens is 476 g/mol. The molecule has 6 atom stereocenters. The minimum atomic E-state index is -0.264. The summed E-state index contributed by atoms with van der Waals surface area (Å²) in [6.45, 7) is 14.9. The van der Waals surface area contributed by atoms with Crippen LogP contribution >= 0.6 is 0 Å². The van der Waals surface area contributed by atoms with Crippen molar-refractivity contribution in [3.63, 3.8) is 0 Å². The fourth-order valence-electron chi connectivity index (χ4n) is 9.25. The molecule has 6 rings (SSSR count). The number of carbonyl (C=O) groups is 1. The van der Waals surface area contributed by atoms with Crippen molar-refractivity contribution in [2.45, 2.75) is 85.6 Å². The van der Waals surface area contributed by atoms with Gasteiger partial charge >= 0.3 is 6.03 Å². The molecule has 1 aliphatic heterocycles. The zero-order valence-electron chi connectivity index (χ0n) is 23.9. The van der Waals surface area contributed by atoms with E-state index < -0.39 is 0 Å². The molecule has 0 unspecified atom stereocenters. The maximum absolute atomic E-state index is 12.6. The molecule has 3 N–H and O–H groups in total. The third-order valence-corrected chi connectivity index (χ3v) is 12.0. The number of ether oxygens (including phenoxy) is 2. The van der Waals surface area contributed by atoms with Crippen LogP contribution in [0.3, 0.4) is 0 Å². The van der Waals surface area contributed by atoms with E-state index in [1.54, 1.807) is 0 Å². The SMILES string of the molecule is Cc1c2c(cc3c1OCO3)C1=CC[C@@]3(C)[C@@H]4C[C@](C)(NC(=O)NCCO)CC[C@]4(C)CC[C@]3(C)[C@]1(C)C=C2. The molecule has 2 fully saturated rings. The standard InChI is InChI=1S/C32H44N2O4/c1-20-21-7-9-30(4)23(22(21)17-24-26(20)38-19-37-24)8-10-31(5)25-18-29(3,34-27(36)33-15-16-35)13-11-28(25,2)12-14-32(30,31)6/h7-9,17,25,35H,10-16,18-19H2,1-6H3,(H2,33,34,36)/t25-,28-,29-,30-,31+,32-/m1/s1. The molecule has 0 radical (unpaired) electrons. The van der Waals surface area contributed by atoms with E-state index in [2.05, 4.69) is 76.5 Å². The Bertz CT molecular complexity index is 1250. The Kier molecular flexibility index (Phi) is 5.61. The van der Waals surface area contributed by atoms with Crippen molar-refractivity contribution in [3.8, 4) is 11.5 Å². The maximum atomic E-state index is 12.6. The number of aliphatic hydroxyl groups is 1. The first-order chi connectivity index (χ1) is 17.9. The summed E-state index contributed by atoms with van der Waals surface area (Å²) in [5.41, 5.74) is 5.18. The van der Waals surface area contributed by atoms with Gasteiger partial charge in [-0.25, -0.2) is 4.79 Å². The summed E-state index contributed by atoms with van der Waals surface area (Å²) in [5, 5.41) is 15.2. The normalized spacial score (nSPS) is 40.3. The van der Waals surface area contributed by atoms with E-state index >= 15 is 0 Å². The lowest BCUT2D eigenvalue weighted by Gasteiger charge is -2.70. The van der Waals surface area contributed by atoms with Gasteiger partial charge in [-0.2, -0.15) is 0 Å². The minimum Gasteiger partial charge on any atom is -0.454 e. The van der Waals surface area contributed by atoms with Crippen LogP contribution in [0.25, 0.3) is 11.6 Å². The van der Waals surface area contributed by atoms with Crippen molar-refractivity contribution in [2.75, 3.05) is 19.9 Å². The van der Waals surface area contributed by atoms with Crippen LogP contribution in [0.15, 0.2) is 18.2 Å². The number of nitrogens with one attached hydrogen (secondary N) is 2. The molecule has 6 nitrogen and oxygen atoms in total. The summed E-state index contributed by atoms with van der Waals surface area (Å²) < 4.78 is 11.6. The van der Waals surface area contributed by atoms with Gasteiger partial charge in [-0.05, 0) is 97.3 Å². The third-order valence-electron chi connectivity index (χ3n) is 12.0. The fraction of sp³-hybridized carbons (Fsp3) is 0.656. The molecule has 2 saturated carbocycles. The van der Waals surface area contributed by atoms with Gasteiger partial charge in [0.15, 0.2) is 11.5 Å². The van der Waals surface area contributed by atoms with E-state index in [1.165, 1.54) is 29.5 Å². The van der Waals surface area contributed by atoms with Gasteiger partial charge in [0.25, 0.3) is 0 Å². The first-order valence-corrected chi connectivity index (χ1v) is 14.4. The molecule has 38 heavy (non-hydrogen) atoms. The molecule has 0 bridgehead atoms. The van der Waals surface area contributed by atoms with Gasteiger partial charge in [-0.3, -0.25) is 0 Å². The zero-order chi connectivity index (χ0) is 27.1. The molecule has 5 aliphatic rings. The summed E-state index contributed by atoms with van der Waals surface area (Å²) in [6, 6.07) is 2.04. The minimum absolute atomic E-state index is 0.0490. The van der Waals surface area contributed by atoms with Crippen LogP contribution in [0, 0.1) is 34.5 Å². The summed E-state index contributed by atoms with van der Waals surface area (Å²) in [7, 11) is 0. The summed E-state index contributed by atoms with van der Waals surface area (Å²) in [4.78, 5) is 12.6. The molecule has 0 saturated heterocycles. The van der Waals surface area contributed by atoms with Gasteiger partial charge in [-0.15, -0.1) is 0 Å². The molecule has 1 aromatic rings. The summed E-state index contributed by atoms with van der Waals surface area (Å²) in [6.07, 6.45) is 13.9. The quantitative estimate of drug-likeness (QED) is 0.443. The Morgan fingerprint density at radius 1 is 1.11 bits per heavy atom. The van der Waals surface area contributed by atoms with Gasteiger partial charge in [0, 0.05) is 23.1 Å². The highest BCUT2D eigenvalue weighted by atomic mass is 16.7. The molecule has 0 spiro atoms. The first kappa shape index (κ1) is 25.8. The van der Waals surface area contributed by atoms with Crippen molar-refractivity contribution >= 4 is 17.7 Å². The Morgan fingerprint density at radius 3 is 2.63 bits per heavy atom. The fourth-order valence-corrected chi connectivity index (χ4v) is 9.25. The topological polar surface area (TPSA) is 79.8 Å². The molecular formula is C32H44N2O4. The Balaban J connectivity index is 1.40. The van der Waals surface area contributed by atoms with Crippen LogP contribution in [0.5, 0.6) is 11.5 Å². The largest absolute Gasteiger partial charge is 0.454 e. The molecule has 6 heteroatoms. The highest BCUT2D eigenvalue weighted by Crippen LogP contribution is 2.75. The molecule has 1 aromatic carbocycles. The van der Waals surface area contributed by atoms with Gasteiger partial charge in [0.2, 0.25) is 6.79 Å². The number of aliphatic hydroxyl groups excluding tert-OH is 1. The maximum Gasteiger partial charge on any atom is 0.315 e. The van der Waals surface area contributed by atoms with E-state index in [1.807, 2.05) is 0 Å². The number of amides is 2. The van der Waals surface area contributed by atoms with Crippen molar-refractivity contribution in [2.24, 2.45) is 27.6 Å². The molecule has 206 valence electrons. The summed E-state index contributed by atoms with van der Waals surface area (Å²) >= 11 is 0. The monoisotopic (exact) mass is 520 g/mol. The number of rotatable bonds is 3. The first-order valence-electron chi connectivity index (χ1n) is 14.4. The van der Waals surface area contributed by atoms with E-state index in [0.29, 0.717) is 12.7 Å². The van der Waals surface area contributed by atoms with E-state index in [0.717, 1.165) is 42.7 Å². The Hall–Kier alpha value is -2.47. The lowest BCUT2D eigenvalue weighted by Crippen LogP contribution is -2.65. The van der Waals surface area contributed by atoms with Crippen LogP contribution in [0.2, 0.25) is 0 Å². The molecule has 0 aromatic heterocycles. The van der Waals surface area contributed by atoms with E-state index in [-0.39, 0.29) is 46.4 Å². The number of carbonyl (C=O) groups excluding carboxylic acids is 1. The second-order valence-corrected chi connectivity index (χ2v) is 13.9. The second-order valence-electron chi connectivity index (χ2n) is 13.9. The zero-order valence-corrected chi connectivity index (χ0v) is 23.9. The van der Waals surface area contributed by atoms with Gasteiger partial charge < -0.3 is 25.2 Å². The van der Waals surface area contributed by atoms with Crippen molar-refractivity contribution in [1.29, 1.82) is 0 Å².